The molecule has 0 atom stereocenters. The molecule has 0 fully saturated rings. The van der Waals surface area contributed by atoms with Gasteiger partial charge in [0.05, 0.1) is 5.75 Å². The number of carbonyl (C=O) groups excluding carboxylic acids is 1. The summed E-state index contributed by atoms with van der Waals surface area (Å²) in [5.41, 5.74) is 0.846. The highest BCUT2D eigenvalue weighted by Crippen LogP contribution is 2.19. The highest BCUT2D eigenvalue weighted by molar-refractivity contribution is 7.99. The quantitative estimate of drug-likeness (QED) is 0.461. The molecule has 1 aromatic heterocycles. The normalized spacial score (nSPS) is 10.6. The van der Waals surface area contributed by atoms with Crippen molar-refractivity contribution in [1.82, 2.24) is 14.9 Å². The third-order valence-electron chi connectivity index (χ3n) is 3.93. The number of nitrogens with two attached hydrogens (primary N) is 1. The molecule has 7 nitrogen and oxygen atoms in total. The summed E-state index contributed by atoms with van der Waals surface area (Å²) in [6.45, 7) is 2.57. The molecule has 0 unspecified atom stereocenters. The fourth-order valence-corrected chi connectivity index (χ4v) is 3.25. The monoisotopic (exact) mass is 401 g/mol. The maximum absolute atomic E-state index is 12.9. The lowest BCUT2D eigenvalue weighted by atomic mass is 10.3. The highest BCUT2D eigenvalue weighted by Gasteiger charge is 2.17. The van der Waals surface area contributed by atoms with Crippen molar-refractivity contribution in [3.05, 3.63) is 66.2 Å². The van der Waals surface area contributed by atoms with Crippen molar-refractivity contribution >= 4 is 23.4 Å². The second-order valence-corrected chi connectivity index (χ2v) is 6.72. The van der Waals surface area contributed by atoms with Gasteiger partial charge in [-0.25, -0.2) is 9.07 Å². The van der Waals surface area contributed by atoms with Crippen molar-refractivity contribution < 1.29 is 13.9 Å². The van der Waals surface area contributed by atoms with Gasteiger partial charge < -0.3 is 15.5 Å². The molecule has 1 amide bonds. The van der Waals surface area contributed by atoms with Gasteiger partial charge in [-0.1, -0.05) is 30.0 Å². The van der Waals surface area contributed by atoms with Crippen molar-refractivity contribution in [2.45, 2.75) is 18.7 Å². The van der Waals surface area contributed by atoms with Crippen molar-refractivity contribution in [3.8, 4) is 5.75 Å². The van der Waals surface area contributed by atoms with Crippen LogP contribution >= 0.6 is 11.8 Å². The fourth-order valence-electron chi connectivity index (χ4n) is 2.50. The molecule has 146 valence electrons. The molecule has 3 aromatic rings. The van der Waals surface area contributed by atoms with E-state index in [1.165, 1.54) is 40.7 Å². The van der Waals surface area contributed by atoms with Gasteiger partial charge in [-0.2, -0.15) is 0 Å². The minimum atomic E-state index is -0.339. The molecule has 0 saturated heterocycles. The van der Waals surface area contributed by atoms with Crippen LogP contribution < -0.4 is 15.5 Å². The van der Waals surface area contributed by atoms with E-state index in [1.807, 2.05) is 37.3 Å². The lowest BCUT2D eigenvalue weighted by Gasteiger charge is -2.20. The Balaban J connectivity index is 1.57. The number of carbonyl (C=O) groups is 1. The van der Waals surface area contributed by atoms with E-state index in [9.17, 15) is 9.18 Å². The molecule has 0 spiro atoms. The van der Waals surface area contributed by atoms with Gasteiger partial charge in [0.2, 0.25) is 11.1 Å². The van der Waals surface area contributed by atoms with Gasteiger partial charge in [0.15, 0.2) is 5.82 Å². The molecule has 9 heteroatoms. The number of anilines is 1. The Bertz CT molecular complexity index is 918. The Hall–Kier alpha value is -3.07. The number of nitrogen functional groups attached to an aromatic ring is 1. The third-order valence-corrected chi connectivity index (χ3v) is 4.85. The predicted molar refractivity (Wildman–Crippen MR) is 106 cm³/mol. The van der Waals surface area contributed by atoms with Crippen LogP contribution in [0.4, 0.5) is 10.1 Å². The van der Waals surface area contributed by atoms with Crippen LogP contribution in [-0.4, -0.2) is 33.1 Å². The van der Waals surface area contributed by atoms with Crippen molar-refractivity contribution in [2.75, 3.05) is 23.0 Å². The van der Waals surface area contributed by atoms with E-state index >= 15 is 0 Å². The molecule has 0 radical (unpaired) electrons. The van der Waals surface area contributed by atoms with Gasteiger partial charge in [0, 0.05) is 12.2 Å². The Morgan fingerprint density at radius 2 is 1.89 bits per heavy atom. The lowest BCUT2D eigenvalue weighted by molar-refractivity contribution is -0.116. The standard InChI is InChI=1S/C19H20FN5O2S/c1-2-24(15-6-4-3-5-7-15)18(26)13-28-19-23-22-17(25(19)21)12-27-16-10-8-14(20)9-11-16/h3-11H,2,12-13,21H2,1H3. The first-order valence-electron chi connectivity index (χ1n) is 8.64. The molecule has 0 aliphatic heterocycles. The van der Waals surface area contributed by atoms with Gasteiger partial charge in [0.25, 0.3) is 0 Å². The summed E-state index contributed by atoms with van der Waals surface area (Å²) in [6, 6.07) is 15.1. The first-order valence-corrected chi connectivity index (χ1v) is 9.63. The number of benzene rings is 2. The maximum Gasteiger partial charge on any atom is 0.237 e. The van der Waals surface area contributed by atoms with E-state index in [0.717, 1.165) is 5.69 Å². The zero-order valence-electron chi connectivity index (χ0n) is 15.3. The van der Waals surface area contributed by atoms with Crippen molar-refractivity contribution in [1.29, 1.82) is 0 Å². The zero-order chi connectivity index (χ0) is 19.9. The number of nitrogens with zero attached hydrogens (tertiary/aromatic N) is 4. The minimum Gasteiger partial charge on any atom is -0.486 e. The second kappa shape index (κ2) is 9.23. The Labute approximate surface area is 166 Å². The number of hydrogen-bond acceptors (Lipinski definition) is 6. The van der Waals surface area contributed by atoms with Crippen LogP contribution in [0, 0.1) is 5.82 Å². The molecule has 3 rings (SSSR count). The number of aromatic nitrogens is 3. The molecule has 2 N–H and O–H groups in total. The van der Waals surface area contributed by atoms with Crippen LogP contribution in [0.5, 0.6) is 5.75 Å². The third kappa shape index (κ3) is 4.80. The van der Waals surface area contributed by atoms with Gasteiger partial charge >= 0.3 is 0 Å². The molecule has 0 bridgehead atoms. The Kier molecular flexibility index (Phi) is 6.49. The smallest absolute Gasteiger partial charge is 0.237 e. The molecule has 28 heavy (non-hydrogen) atoms. The fraction of sp³-hybridized carbons (Fsp3) is 0.211. The molecule has 0 aliphatic rings. The molecule has 2 aromatic carbocycles. The molecular formula is C19H20FN5O2S. The number of halogens is 1. The topological polar surface area (TPSA) is 86.3 Å². The number of amides is 1. The Morgan fingerprint density at radius 1 is 1.18 bits per heavy atom. The van der Waals surface area contributed by atoms with E-state index in [4.69, 9.17) is 10.6 Å². The summed E-state index contributed by atoms with van der Waals surface area (Å²) >= 11 is 1.21. The summed E-state index contributed by atoms with van der Waals surface area (Å²) in [5.74, 6) is 6.69. The number of ether oxygens (including phenoxy) is 1. The van der Waals surface area contributed by atoms with Crippen molar-refractivity contribution in [2.24, 2.45) is 0 Å². The highest BCUT2D eigenvalue weighted by atomic mass is 32.2. The summed E-state index contributed by atoms with van der Waals surface area (Å²) in [4.78, 5) is 14.3. The summed E-state index contributed by atoms with van der Waals surface area (Å²) in [7, 11) is 0. The first kappa shape index (κ1) is 19.7. The average Bonchev–Trinajstić information content (AvgIpc) is 3.07. The number of thioether (sulfide) groups is 1. The van der Waals surface area contributed by atoms with Gasteiger partial charge in [-0.15, -0.1) is 10.2 Å². The number of para-hydroxylation sites is 1. The van der Waals surface area contributed by atoms with Gasteiger partial charge in [-0.3, -0.25) is 4.79 Å². The molecule has 1 heterocycles. The molecule has 0 saturated carbocycles. The summed E-state index contributed by atoms with van der Waals surface area (Å²) in [6.07, 6.45) is 0. The van der Waals surface area contributed by atoms with Crippen LogP contribution in [0.15, 0.2) is 59.8 Å². The Morgan fingerprint density at radius 3 is 2.57 bits per heavy atom. The van der Waals surface area contributed by atoms with E-state index in [-0.39, 0.29) is 24.1 Å². The van der Waals surface area contributed by atoms with Gasteiger partial charge in [0.1, 0.15) is 18.2 Å². The van der Waals surface area contributed by atoms with E-state index in [0.29, 0.717) is 23.3 Å². The van der Waals surface area contributed by atoms with Crippen LogP contribution in [0.3, 0.4) is 0 Å². The largest absolute Gasteiger partial charge is 0.486 e. The minimum absolute atomic E-state index is 0.0502. The van der Waals surface area contributed by atoms with E-state index in [2.05, 4.69) is 10.2 Å². The second-order valence-electron chi connectivity index (χ2n) is 5.77. The zero-order valence-corrected chi connectivity index (χ0v) is 16.1. The first-order chi connectivity index (χ1) is 13.6. The summed E-state index contributed by atoms with van der Waals surface area (Å²) < 4.78 is 19.7. The van der Waals surface area contributed by atoms with Gasteiger partial charge in [-0.05, 0) is 43.3 Å². The average molecular weight is 401 g/mol. The predicted octanol–water partition coefficient (Wildman–Crippen LogP) is 2.86. The maximum atomic E-state index is 12.9. The van der Waals surface area contributed by atoms with E-state index in [1.54, 1.807) is 4.90 Å². The summed E-state index contributed by atoms with van der Waals surface area (Å²) in [5, 5.41) is 8.42. The van der Waals surface area contributed by atoms with Crippen LogP contribution in [-0.2, 0) is 11.4 Å². The van der Waals surface area contributed by atoms with Crippen LogP contribution in [0.2, 0.25) is 0 Å². The number of rotatable bonds is 8. The van der Waals surface area contributed by atoms with E-state index < -0.39 is 0 Å². The lowest BCUT2D eigenvalue weighted by Crippen LogP contribution is -2.32. The number of hydrogen-bond donors (Lipinski definition) is 1. The van der Waals surface area contributed by atoms with Crippen LogP contribution in [0.1, 0.15) is 12.7 Å². The molecule has 0 aliphatic carbocycles. The SMILES string of the molecule is CCN(C(=O)CSc1nnc(COc2ccc(F)cc2)n1N)c1ccccc1. The molecular weight excluding hydrogens is 381 g/mol. The van der Waals surface area contributed by atoms with Crippen LogP contribution in [0.25, 0.3) is 0 Å². The van der Waals surface area contributed by atoms with Crippen molar-refractivity contribution in [3.63, 3.8) is 0 Å².